The van der Waals surface area contributed by atoms with E-state index in [0.29, 0.717) is 11.2 Å². The average molecular weight is 174 g/mol. The van der Waals surface area contributed by atoms with Gasteiger partial charge in [0.1, 0.15) is 0 Å². The summed E-state index contributed by atoms with van der Waals surface area (Å²) in [7, 11) is 0. The summed E-state index contributed by atoms with van der Waals surface area (Å²) < 4.78 is 5.44. The van der Waals surface area contributed by atoms with Crippen molar-refractivity contribution < 1.29 is 4.74 Å². The molecule has 2 heteroatoms. The maximum absolute atomic E-state index is 5.44. The molecule has 3 atom stereocenters. The zero-order valence-corrected chi connectivity index (χ0v) is 8.47. The lowest BCUT2D eigenvalue weighted by Crippen LogP contribution is -2.24. The van der Waals surface area contributed by atoms with Crippen molar-refractivity contribution in [3.63, 3.8) is 0 Å². The van der Waals surface area contributed by atoms with Crippen LogP contribution in [0.25, 0.3) is 0 Å². The molecule has 0 radical (unpaired) electrons. The Kier molecular flexibility index (Phi) is 3.26. The minimum atomic E-state index is 0.477. The van der Waals surface area contributed by atoms with Crippen molar-refractivity contribution in [2.75, 3.05) is 13.2 Å². The number of hydrogen-bond donors (Lipinski definition) is 1. The highest BCUT2D eigenvalue weighted by Gasteiger charge is 2.32. The van der Waals surface area contributed by atoms with E-state index in [4.69, 9.17) is 4.74 Å². The van der Waals surface area contributed by atoms with Gasteiger partial charge in [0.15, 0.2) is 0 Å². The molecule has 1 fully saturated rings. The van der Waals surface area contributed by atoms with Gasteiger partial charge in [0, 0.05) is 5.25 Å². The molecule has 0 aromatic rings. The SMILES string of the molecule is CC(C)C1COCC1C(C)S. The van der Waals surface area contributed by atoms with Crippen molar-refractivity contribution in [3.05, 3.63) is 0 Å². The fourth-order valence-corrected chi connectivity index (χ4v) is 2.08. The van der Waals surface area contributed by atoms with E-state index in [-0.39, 0.29) is 0 Å². The third-order valence-electron chi connectivity index (χ3n) is 2.65. The first-order chi connectivity index (χ1) is 5.13. The van der Waals surface area contributed by atoms with Gasteiger partial charge in [-0.05, 0) is 17.8 Å². The topological polar surface area (TPSA) is 9.23 Å². The Balaban J connectivity index is 2.51. The van der Waals surface area contributed by atoms with Gasteiger partial charge in [0.05, 0.1) is 13.2 Å². The highest BCUT2D eigenvalue weighted by atomic mass is 32.1. The van der Waals surface area contributed by atoms with E-state index in [9.17, 15) is 0 Å². The van der Waals surface area contributed by atoms with E-state index >= 15 is 0 Å². The maximum Gasteiger partial charge on any atom is 0.0508 e. The van der Waals surface area contributed by atoms with Crippen LogP contribution in [0.5, 0.6) is 0 Å². The number of thiol groups is 1. The fourth-order valence-electron chi connectivity index (χ4n) is 1.77. The van der Waals surface area contributed by atoms with Crippen molar-refractivity contribution in [1.29, 1.82) is 0 Å². The average Bonchev–Trinajstić information content (AvgIpc) is 2.32. The van der Waals surface area contributed by atoms with Gasteiger partial charge in [-0.1, -0.05) is 20.8 Å². The molecule has 0 aromatic carbocycles. The molecule has 0 bridgehead atoms. The summed E-state index contributed by atoms with van der Waals surface area (Å²) in [6, 6.07) is 0. The number of hydrogen-bond acceptors (Lipinski definition) is 2. The molecule has 1 aliphatic rings. The van der Waals surface area contributed by atoms with E-state index < -0.39 is 0 Å². The van der Waals surface area contributed by atoms with Gasteiger partial charge in [0.25, 0.3) is 0 Å². The summed E-state index contributed by atoms with van der Waals surface area (Å²) in [5, 5.41) is 0.477. The van der Waals surface area contributed by atoms with Crippen molar-refractivity contribution in [3.8, 4) is 0 Å². The molecule has 0 N–H and O–H groups in total. The first-order valence-electron chi connectivity index (χ1n) is 4.38. The molecule has 66 valence electrons. The Hall–Kier alpha value is 0.310. The Labute approximate surface area is 74.9 Å². The van der Waals surface area contributed by atoms with E-state index in [2.05, 4.69) is 33.4 Å². The summed E-state index contributed by atoms with van der Waals surface area (Å²) in [5.74, 6) is 2.12. The van der Waals surface area contributed by atoms with Crippen molar-refractivity contribution in [2.24, 2.45) is 17.8 Å². The molecule has 0 saturated carbocycles. The van der Waals surface area contributed by atoms with Gasteiger partial charge < -0.3 is 4.74 Å². The van der Waals surface area contributed by atoms with E-state index in [1.54, 1.807) is 0 Å². The second-order valence-electron chi connectivity index (χ2n) is 3.85. The van der Waals surface area contributed by atoms with Gasteiger partial charge >= 0.3 is 0 Å². The molecular weight excluding hydrogens is 156 g/mol. The summed E-state index contributed by atoms with van der Waals surface area (Å²) in [6.45, 7) is 8.55. The lowest BCUT2D eigenvalue weighted by atomic mass is 9.84. The standard InChI is InChI=1S/C9H18OS/c1-6(2)8-4-10-5-9(8)7(3)11/h6-9,11H,4-5H2,1-3H3. The Bertz CT molecular complexity index is 109. The molecule has 0 amide bonds. The Morgan fingerprint density at radius 2 is 1.73 bits per heavy atom. The zero-order valence-electron chi connectivity index (χ0n) is 7.58. The molecule has 1 saturated heterocycles. The molecule has 0 aliphatic carbocycles. The molecule has 1 heterocycles. The highest BCUT2D eigenvalue weighted by Crippen LogP contribution is 2.31. The second kappa shape index (κ2) is 3.81. The van der Waals surface area contributed by atoms with Gasteiger partial charge in [0.2, 0.25) is 0 Å². The van der Waals surface area contributed by atoms with Crippen LogP contribution in [0.1, 0.15) is 20.8 Å². The van der Waals surface area contributed by atoms with Gasteiger partial charge in [-0.15, -0.1) is 0 Å². The molecule has 0 aromatic heterocycles. The van der Waals surface area contributed by atoms with E-state index in [1.807, 2.05) is 0 Å². The molecular formula is C9H18OS. The number of ether oxygens (including phenoxy) is 1. The van der Waals surface area contributed by atoms with Crippen LogP contribution in [-0.4, -0.2) is 18.5 Å². The Morgan fingerprint density at radius 1 is 1.18 bits per heavy atom. The minimum Gasteiger partial charge on any atom is -0.381 e. The molecule has 0 spiro atoms. The van der Waals surface area contributed by atoms with E-state index in [0.717, 1.165) is 25.0 Å². The zero-order chi connectivity index (χ0) is 8.43. The molecule has 11 heavy (non-hydrogen) atoms. The van der Waals surface area contributed by atoms with Crippen molar-refractivity contribution in [1.82, 2.24) is 0 Å². The maximum atomic E-state index is 5.44. The first-order valence-corrected chi connectivity index (χ1v) is 4.90. The first kappa shape index (κ1) is 9.40. The predicted octanol–water partition coefficient (Wildman–Crippen LogP) is 2.22. The predicted molar refractivity (Wildman–Crippen MR) is 51.1 cm³/mol. The van der Waals surface area contributed by atoms with Crippen LogP contribution in [0.2, 0.25) is 0 Å². The van der Waals surface area contributed by atoms with E-state index in [1.165, 1.54) is 0 Å². The normalized spacial score (nSPS) is 34.6. The van der Waals surface area contributed by atoms with Crippen LogP contribution in [0, 0.1) is 17.8 Å². The Morgan fingerprint density at radius 3 is 2.09 bits per heavy atom. The quantitative estimate of drug-likeness (QED) is 0.632. The number of rotatable bonds is 2. The fraction of sp³-hybridized carbons (Fsp3) is 1.00. The third kappa shape index (κ3) is 2.12. The molecule has 1 rings (SSSR count). The summed E-state index contributed by atoms with van der Waals surface area (Å²) in [4.78, 5) is 0. The van der Waals surface area contributed by atoms with Crippen LogP contribution in [-0.2, 0) is 4.74 Å². The lowest BCUT2D eigenvalue weighted by Gasteiger charge is -2.23. The van der Waals surface area contributed by atoms with Crippen molar-refractivity contribution in [2.45, 2.75) is 26.0 Å². The monoisotopic (exact) mass is 174 g/mol. The van der Waals surface area contributed by atoms with Gasteiger partial charge in [-0.25, -0.2) is 0 Å². The smallest absolute Gasteiger partial charge is 0.0508 e. The van der Waals surface area contributed by atoms with Crippen LogP contribution >= 0.6 is 12.6 Å². The highest BCUT2D eigenvalue weighted by molar-refractivity contribution is 7.80. The third-order valence-corrected chi connectivity index (χ3v) is 3.03. The molecule has 1 aliphatic heterocycles. The summed E-state index contributed by atoms with van der Waals surface area (Å²) in [5.41, 5.74) is 0. The van der Waals surface area contributed by atoms with Crippen LogP contribution < -0.4 is 0 Å². The largest absolute Gasteiger partial charge is 0.381 e. The van der Waals surface area contributed by atoms with Crippen LogP contribution in [0.3, 0.4) is 0 Å². The van der Waals surface area contributed by atoms with Crippen LogP contribution in [0.15, 0.2) is 0 Å². The summed E-state index contributed by atoms with van der Waals surface area (Å²) >= 11 is 4.47. The summed E-state index contributed by atoms with van der Waals surface area (Å²) in [6.07, 6.45) is 0. The van der Waals surface area contributed by atoms with Crippen LogP contribution in [0.4, 0.5) is 0 Å². The van der Waals surface area contributed by atoms with Gasteiger partial charge in [-0.3, -0.25) is 0 Å². The molecule has 3 unspecified atom stereocenters. The lowest BCUT2D eigenvalue weighted by molar-refractivity contribution is 0.175. The van der Waals surface area contributed by atoms with Gasteiger partial charge in [-0.2, -0.15) is 12.6 Å². The van der Waals surface area contributed by atoms with Crippen molar-refractivity contribution >= 4 is 12.6 Å². The second-order valence-corrected chi connectivity index (χ2v) is 4.66. The minimum absolute atomic E-state index is 0.477. The molecule has 1 nitrogen and oxygen atoms in total.